The zero-order valence-electron chi connectivity index (χ0n) is 11.7. The summed E-state index contributed by atoms with van der Waals surface area (Å²) in [6.07, 6.45) is 1.49. The number of aryl methyl sites for hydroxylation is 1. The topological polar surface area (TPSA) is 41.6 Å². The zero-order chi connectivity index (χ0) is 13.7. The Kier molecular flexibility index (Phi) is 4.93. The van der Waals surface area contributed by atoms with E-state index >= 15 is 0 Å². The van der Waals surface area contributed by atoms with Crippen molar-refractivity contribution in [2.75, 3.05) is 31.7 Å². The Morgan fingerprint density at radius 3 is 2.74 bits per heavy atom. The van der Waals surface area contributed by atoms with Gasteiger partial charge in [-0.05, 0) is 24.1 Å². The average Bonchev–Trinajstić information content (AvgIpc) is 2.47. The molecule has 1 fully saturated rings. The van der Waals surface area contributed by atoms with E-state index < -0.39 is 0 Å². The minimum absolute atomic E-state index is 0.118. The molecule has 4 nitrogen and oxygen atoms in total. The number of nitrogens with zero attached hydrogens (tertiary/aromatic N) is 1. The number of nitrogens with one attached hydrogen (secondary N) is 1. The molecule has 1 aromatic carbocycles. The first kappa shape index (κ1) is 14.0. The number of anilines is 1. The van der Waals surface area contributed by atoms with Crippen molar-refractivity contribution < 1.29 is 9.53 Å². The number of benzene rings is 1. The molecule has 104 valence electrons. The lowest BCUT2D eigenvalue weighted by Gasteiger charge is -2.25. The number of carbonyl (C=O) groups excluding carboxylic acids is 1. The van der Waals surface area contributed by atoms with E-state index in [2.05, 4.69) is 24.4 Å². The molecule has 1 aliphatic rings. The van der Waals surface area contributed by atoms with Crippen molar-refractivity contribution in [3.63, 3.8) is 0 Å². The summed E-state index contributed by atoms with van der Waals surface area (Å²) >= 11 is 0. The van der Waals surface area contributed by atoms with E-state index in [-0.39, 0.29) is 11.9 Å². The third-order valence-electron chi connectivity index (χ3n) is 3.53. The average molecular weight is 262 g/mol. The van der Waals surface area contributed by atoms with Crippen LogP contribution in [-0.4, -0.2) is 38.8 Å². The van der Waals surface area contributed by atoms with Gasteiger partial charge in [-0.1, -0.05) is 19.1 Å². The molecule has 0 saturated carbocycles. The lowest BCUT2D eigenvalue weighted by molar-refractivity contribution is -0.119. The molecule has 0 aromatic heterocycles. The van der Waals surface area contributed by atoms with E-state index in [4.69, 9.17) is 4.74 Å². The molecule has 0 radical (unpaired) electrons. The molecule has 0 spiro atoms. The fourth-order valence-corrected chi connectivity index (χ4v) is 2.20. The van der Waals surface area contributed by atoms with Gasteiger partial charge in [0.15, 0.2) is 0 Å². The van der Waals surface area contributed by atoms with Crippen LogP contribution >= 0.6 is 0 Å². The van der Waals surface area contributed by atoms with Gasteiger partial charge in [-0.25, -0.2) is 0 Å². The van der Waals surface area contributed by atoms with Crippen LogP contribution < -0.4 is 10.2 Å². The molecule has 1 aromatic rings. The van der Waals surface area contributed by atoms with E-state index in [9.17, 15) is 4.79 Å². The molecule has 1 aliphatic heterocycles. The Morgan fingerprint density at radius 2 is 2.16 bits per heavy atom. The van der Waals surface area contributed by atoms with E-state index in [1.165, 1.54) is 5.56 Å². The van der Waals surface area contributed by atoms with Crippen molar-refractivity contribution in [3.8, 4) is 0 Å². The Bertz CT molecular complexity index is 411. The van der Waals surface area contributed by atoms with Gasteiger partial charge in [0.1, 0.15) is 0 Å². The maximum Gasteiger partial charge on any atom is 0.228 e. The van der Waals surface area contributed by atoms with Crippen LogP contribution in [0.4, 0.5) is 5.69 Å². The van der Waals surface area contributed by atoms with Gasteiger partial charge in [0.2, 0.25) is 5.91 Å². The molecule has 0 bridgehead atoms. The van der Waals surface area contributed by atoms with Crippen molar-refractivity contribution in [3.05, 3.63) is 29.8 Å². The van der Waals surface area contributed by atoms with Crippen molar-refractivity contribution in [1.82, 2.24) is 5.32 Å². The highest BCUT2D eigenvalue weighted by Gasteiger charge is 2.19. The second-order valence-corrected chi connectivity index (χ2v) is 4.90. The van der Waals surface area contributed by atoms with Crippen molar-refractivity contribution in [1.29, 1.82) is 0 Å². The van der Waals surface area contributed by atoms with Gasteiger partial charge in [-0.3, -0.25) is 4.79 Å². The zero-order valence-corrected chi connectivity index (χ0v) is 11.7. The Balaban J connectivity index is 1.93. The summed E-state index contributed by atoms with van der Waals surface area (Å²) in [5.74, 6) is 0.118. The van der Waals surface area contributed by atoms with Gasteiger partial charge >= 0.3 is 0 Å². The number of rotatable bonds is 4. The number of carbonyl (C=O) groups is 1. The van der Waals surface area contributed by atoms with Crippen LogP contribution in [0.15, 0.2) is 24.3 Å². The molecule has 2 rings (SSSR count). The fraction of sp³-hybridized carbons (Fsp3) is 0.533. The molecule has 1 amide bonds. The third-order valence-corrected chi connectivity index (χ3v) is 3.53. The molecule has 1 unspecified atom stereocenters. The van der Waals surface area contributed by atoms with Crippen molar-refractivity contribution >= 4 is 11.6 Å². The van der Waals surface area contributed by atoms with E-state index in [1.54, 1.807) is 4.90 Å². The molecule has 1 saturated heterocycles. The molecule has 0 aliphatic carbocycles. The van der Waals surface area contributed by atoms with Gasteiger partial charge in [0.05, 0.1) is 13.2 Å². The number of hydrogen-bond donors (Lipinski definition) is 1. The van der Waals surface area contributed by atoms with Crippen molar-refractivity contribution in [2.24, 2.45) is 0 Å². The van der Waals surface area contributed by atoms with Crippen LogP contribution in [0.2, 0.25) is 0 Å². The van der Waals surface area contributed by atoms with E-state index in [0.29, 0.717) is 13.0 Å². The first-order chi connectivity index (χ1) is 9.20. The summed E-state index contributed by atoms with van der Waals surface area (Å²) in [4.78, 5) is 13.9. The minimum atomic E-state index is 0.118. The van der Waals surface area contributed by atoms with Crippen LogP contribution in [0.25, 0.3) is 0 Å². The van der Waals surface area contributed by atoms with Gasteiger partial charge in [-0.15, -0.1) is 0 Å². The van der Waals surface area contributed by atoms with Gasteiger partial charge in [-0.2, -0.15) is 0 Å². The van der Waals surface area contributed by atoms with Crippen molar-refractivity contribution in [2.45, 2.75) is 25.8 Å². The first-order valence-corrected chi connectivity index (χ1v) is 6.87. The highest BCUT2D eigenvalue weighted by atomic mass is 16.5. The predicted octanol–water partition coefficient (Wildman–Crippen LogP) is 1.59. The molecule has 1 atom stereocenters. The summed E-state index contributed by atoms with van der Waals surface area (Å²) < 4.78 is 5.37. The summed E-state index contributed by atoms with van der Waals surface area (Å²) in [6, 6.07) is 8.28. The summed E-state index contributed by atoms with van der Waals surface area (Å²) in [6.45, 7) is 4.30. The summed E-state index contributed by atoms with van der Waals surface area (Å²) in [5.41, 5.74) is 2.23. The van der Waals surface area contributed by atoms with Crippen LogP contribution in [-0.2, 0) is 16.0 Å². The van der Waals surface area contributed by atoms with Gasteiger partial charge in [0, 0.05) is 31.7 Å². The Morgan fingerprint density at radius 1 is 1.42 bits per heavy atom. The molecular weight excluding hydrogens is 240 g/mol. The van der Waals surface area contributed by atoms with Gasteiger partial charge < -0.3 is 15.0 Å². The quantitative estimate of drug-likeness (QED) is 0.896. The lowest BCUT2D eigenvalue weighted by atomic mass is 10.1. The lowest BCUT2D eigenvalue weighted by Crippen LogP contribution is -2.44. The molecule has 1 heterocycles. The predicted molar refractivity (Wildman–Crippen MR) is 76.5 cm³/mol. The minimum Gasteiger partial charge on any atom is -0.378 e. The Hall–Kier alpha value is -1.39. The van der Waals surface area contributed by atoms with Gasteiger partial charge in [0.25, 0.3) is 0 Å². The summed E-state index contributed by atoms with van der Waals surface area (Å²) in [7, 11) is 1.83. The largest absolute Gasteiger partial charge is 0.378 e. The van der Waals surface area contributed by atoms with E-state index in [1.807, 2.05) is 19.2 Å². The molecule has 19 heavy (non-hydrogen) atoms. The monoisotopic (exact) mass is 262 g/mol. The van der Waals surface area contributed by atoms with Crippen LogP contribution in [0, 0.1) is 0 Å². The van der Waals surface area contributed by atoms with Crippen LogP contribution in [0.1, 0.15) is 18.9 Å². The molecule has 1 N–H and O–H groups in total. The SMILES string of the molecule is CCc1ccc(N(C)C(=O)CC2COCCN2)cc1. The first-order valence-electron chi connectivity index (χ1n) is 6.87. The van der Waals surface area contributed by atoms with Crippen LogP contribution in [0.3, 0.4) is 0 Å². The number of hydrogen-bond acceptors (Lipinski definition) is 3. The maximum absolute atomic E-state index is 12.2. The normalized spacial score (nSPS) is 19.2. The van der Waals surface area contributed by atoms with E-state index in [0.717, 1.165) is 25.3 Å². The number of morpholine rings is 1. The standard InChI is InChI=1S/C15H22N2O2/c1-3-12-4-6-14(7-5-12)17(2)15(18)10-13-11-19-9-8-16-13/h4-7,13,16H,3,8-11H2,1-2H3. The smallest absolute Gasteiger partial charge is 0.228 e. The number of amides is 1. The highest BCUT2D eigenvalue weighted by Crippen LogP contribution is 2.15. The second kappa shape index (κ2) is 6.68. The number of ether oxygens (including phenoxy) is 1. The molecule has 4 heteroatoms. The second-order valence-electron chi connectivity index (χ2n) is 4.90. The fourth-order valence-electron chi connectivity index (χ4n) is 2.20. The Labute approximate surface area is 114 Å². The third kappa shape index (κ3) is 3.78. The molecular formula is C15H22N2O2. The maximum atomic E-state index is 12.2. The summed E-state index contributed by atoms with van der Waals surface area (Å²) in [5, 5.41) is 3.30. The highest BCUT2D eigenvalue weighted by molar-refractivity contribution is 5.93. The van der Waals surface area contributed by atoms with Crippen LogP contribution in [0.5, 0.6) is 0 Å².